The van der Waals surface area contributed by atoms with Gasteiger partial charge in [-0.2, -0.15) is 0 Å². The number of pyridine rings is 1. The lowest BCUT2D eigenvalue weighted by atomic mass is 10.0. The van der Waals surface area contributed by atoms with E-state index in [0.29, 0.717) is 11.3 Å². The summed E-state index contributed by atoms with van der Waals surface area (Å²) in [5, 5.41) is 14.5. The molecule has 46 heavy (non-hydrogen) atoms. The molecule has 3 N–H and O–H groups in total. The number of amides is 3. The number of benzene rings is 2. The lowest BCUT2D eigenvalue weighted by molar-refractivity contribution is -0.151. The highest BCUT2D eigenvalue weighted by atomic mass is 32.2. The van der Waals surface area contributed by atoms with E-state index in [1.165, 1.54) is 24.9 Å². The fraction of sp³-hybridized carbons (Fsp3) is 0.176. The molecule has 0 bridgehead atoms. The van der Waals surface area contributed by atoms with E-state index in [2.05, 4.69) is 15.6 Å². The highest BCUT2D eigenvalue weighted by molar-refractivity contribution is 8.00. The van der Waals surface area contributed by atoms with Crippen molar-refractivity contribution in [3.05, 3.63) is 125 Å². The van der Waals surface area contributed by atoms with E-state index >= 15 is 0 Å². The Hall–Kier alpha value is -5.49. The highest BCUT2D eigenvalue weighted by Gasteiger charge is 2.54. The summed E-state index contributed by atoms with van der Waals surface area (Å²) >= 11 is 1.25. The number of aliphatic carboxylic acids is 1. The van der Waals surface area contributed by atoms with Gasteiger partial charge in [-0.3, -0.25) is 29.1 Å². The molecule has 0 aliphatic carbocycles. The van der Waals surface area contributed by atoms with Crippen LogP contribution in [-0.2, 0) is 23.9 Å². The zero-order chi connectivity index (χ0) is 32.6. The van der Waals surface area contributed by atoms with Crippen LogP contribution in [0.25, 0.3) is 12.2 Å². The maximum Gasteiger partial charge on any atom is 0.352 e. The molecule has 1 saturated heterocycles. The first-order chi connectivity index (χ1) is 22.2. The predicted octanol–water partition coefficient (Wildman–Crippen LogP) is 3.58. The number of rotatable bonds is 11. The number of fused-ring (bicyclic) bond motifs is 1. The van der Waals surface area contributed by atoms with Crippen LogP contribution in [0.5, 0.6) is 0 Å². The molecule has 3 amide bonds. The van der Waals surface area contributed by atoms with E-state index in [1.807, 2.05) is 48.6 Å². The Kier molecular flexibility index (Phi) is 10.1. The minimum Gasteiger partial charge on any atom is -0.477 e. The molecule has 2 aromatic carbocycles. The van der Waals surface area contributed by atoms with Gasteiger partial charge < -0.3 is 20.5 Å². The maximum absolute atomic E-state index is 13.6. The summed E-state index contributed by atoms with van der Waals surface area (Å²) in [7, 11) is 0. The number of esters is 1. The first kappa shape index (κ1) is 31.9. The minimum absolute atomic E-state index is 0.191. The summed E-state index contributed by atoms with van der Waals surface area (Å²) in [6.45, 7) is 0.953. The van der Waals surface area contributed by atoms with Crippen molar-refractivity contribution in [2.45, 2.75) is 24.4 Å². The first-order valence-corrected chi connectivity index (χ1v) is 15.3. The molecule has 1 unspecified atom stereocenters. The summed E-state index contributed by atoms with van der Waals surface area (Å²) in [5.41, 5.74) is 2.45. The summed E-state index contributed by atoms with van der Waals surface area (Å²) < 4.78 is 4.96. The molecular weight excluding hydrogens is 608 g/mol. The Bertz CT molecular complexity index is 1720. The second-order valence-electron chi connectivity index (χ2n) is 10.4. The molecule has 12 heteroatoms. The lowest BCUT2D eigenvalue weighted by Crippen LogP contribution is -2.71. The molecule has 11 nitrogen and oxygen atoms in total. The number of carboxylic acid groups (broad SMARTS) is 1. The molecule has 0 radical (unpaired) electrons. The number of carbonyl (C=O) groups is 5. The van der Waals surface area contributed by atoms with Gasteiger partial charge in [0.15, 0.2) is 0 Å². The lowest BCUT2D eigenvalue weighted by Gasteiger charge is -2.49. The van der Waals surface area contributed by atoms with Gasteiger partial charge >= 0.3 is 11.9 Å². The van der Waals surface area contributed by atoms with Crippen LogP contribution in [0.3, 0.4) is 0 Å². The van der Waals surface area contributed by atoms with E-state index in [9.17, 15) is 29.1 Å². The number of ether oxygens (including phenoxy) is 1. The van der Waals surface area contributed by atoms with Crippen molar-refractivity contribution < 1.29 is 33.8 Å². The van der Waals surface area contributed by atoms with Crippen molar-refractivity contribution in [1.29, 1.82) is 0 Å². The van der Waals surface area contributed by atoms with E-state index in [-0.39, 0.29) is 29.2 Å². The molecule has 5 rings (SSSR count). The van der Waals surface area contributed by atoms with E-state index in [0.717, 1.165) is 10.5 Å². The standard InChI is InChI=1S/C34H30N4O7S/c1-21(39)45-19-25-20-46-33-28(32(42)38(33)29(25)34(43)44)37-31(41)27(23-13-6-3-7-14-23)36-30(40)24-16-17-26(35-18-24)15-9-8-12-22-10-4-2-5-11-22/h2-18,27-28,33H,19-20H2,1H3,(H,36,40)(H,37,41)(H,43,44)/t27?,28-,33-/m1/s1. The van der Waals surface area contributed by atoms with Crippen LogP contribution in [0.2, 0.25) is 0 Å². The van der Waals surface area contributed by atoms with Gasteiger partial charge in [-0.1, -0.05) is 78.9 Å². The Morgan fingerprint density at radius 3 is 2.37 bits per heavy atom. The number of allylic oxidation sites excluding steroid dienone is 2. The Morgan fingerprint density at radius 1 is 1.02 bits per heavy atom. The number of carbonyl (C=O) groups excluding carboxylic acids is 4. The zero-order valence-electron chi connectivity index (χ0n) is 24.7. The third kappa shape index (κ3) is 7.41. The number of β-lactam (4-membered cyclic amide) rings is 1. The minimum atomic E-state index is -1.33. The van der Waals surface area contributed by atoms with Crippen LogP contribution in [0.1, 0.15) is 40.1 Å². The van der Waals surface area contributed by atoms with Gasteiger partial charge in [0.05, 0.1) is 11.3 Å². The smallest absolute Gasteiger partial charge is 0.352 e. The van der Waals surface area contributed by atoms with Crippen LogP contribution < -0.4 is 10.6 Å². The molecule has 3 atom stereocenters. The molecule has 3 aromatic rings. The molecule has 0 saturated carbocycles. The molecular formula is C34H30N4O7S. The van der Waals surface area contributed by atoms with Gasteiger partial charge in [-0.25, -0.2) is 4.79 Å². The Labute approximate surface area is 269 Å². The largest absolute Gasteiger partial charge is 0.477 e. The van der Waals surface area contributed by atoms with Crippen LogP contribution in [-0.4, -0.2) is 68.4 Å². The van der Waals surface area contributed by atoms with Crippen molar-refractivity contribution >= 4 is 53.6 Å². The monoisotopic (exact) mass is 638 g/mol. The molecule has 2 aliphatic heterocycles. The fourth-order valence-electron chi connectivity index (χ4n) is 4.90. The van der Waals surface area contributed by atoms with Gasteiger partial charge in [0.2, 0.25) is 5.91 Å². The van der Waals surface area contributed by atoms with Crippen molar-refractivity contribution in [2.24, 2.45) is 0 Å². The van der Waals surface area contributed by atoms with Gasteiger partial charge in [0.25, 0.3) is 11.8 Å². The van der Waals surface area contributed by atoms with Crippen LogP contribution in [0.15, 0.2) is 102 Å². The van der Waals surface area contributed by atoms with Gasteiger partial charge in [0, 0.05) is 24.4 Å². The first-order valence-electron chi connectivity index (χ1n) is 14.3. The maximum atomic E-state index is 13.6. The van der Waals surface area contributed by atoms with Gasteiger partial charge in [-0.05, 0) is 29.3 Å². The SMILES string of the molecule is CC(=O)OCC1=C(C(=O)O)N2C(=O)[C@@H](NC(=O)C(NC(=O)c3ccc(C=CC=Cc4ccccc4)nc3)c3ccccc3)[C@H]2SC1. The number of hydrogen-bond acceptors (Lipinski definition) is 8. The van der Waals surface area contributed by atoms with Gasteiger partial charge in [0.1, 0.15) is 29.8 Å². The van der Waals surface area contributed by atoms with Crippen molar-refractivity contribution in [2.75, 3.05) is 12.4 Å². The van der Waals surface area contributed by atoms with Crippen LogP contribution in [0.4, 0.5) is 0 Å². The summed E-state index contributed by atoms with van der Waals surface area (Å²) in [6.07, 6.45) is 8.90. The average molecular weight is 639 g/mol. The normalized spacial score (nSPS) is 18.1. The zero-order valence-corrected chi connectivity index (χ0v) is 25.5. The number of thioether (sulfide) groups is 1. The van der Waals surface area contributed by atoms with Crippen molar-refractivity contribution in [1.82, 2.24) is 20.5 Å². The second kappa shape index (κ2) is 14.5. The van der Waals surface area contributed by atoms with E-state index in [1.54, 1.807) is 48.5 Å². The predicted molar refractivity (Wildman–Crippen MR) is 172 cm³/mol. The number of aromatic nitrogens is 1. The quantitative estimate of drug-likeness (QED) is 0.162. The summed E-state index contributed by atoms with van der Waals surface area (Å²) in [6, 6.07) is 19.5. The topological polar surface area (TPSA) is 155 Å². The van der Waals surface area contributed by atoms with Crippen molar-refractivity contribution in [3.8, 4) is 0 Å². The van der Waals surface area contributed by atoms with Crippen molar-refractivity contribution in [3.63, 3.8) is 0 Å². The fourth-order valence-corrected chi connectivity index (χ4v) is 6.23. The summed E-state index contributed by atoms with van der Waals surface area (Å²) in [4.78, 5) is 68.6. The summed E-state index contributed by atoms with van der Waals surface area (Å²) in [5.74, 6) is -3.52. The Balaban J connectivity index is 1.26. The highest BCUT2D eigenvalue weighted by Crippen LogP contribution is 2.40. The molecule has 3 heterocycles. The third-order valence-electron chi connectivity index (χ3n) is 7.18. The molecule has 1 aromatic heterocycles. The Morgan fingerprint density at radius 2 is 1.72 bits per heavy atom. The molecule has 1 fully saturated rings. The number of hydrogen-bond donors (Lipinski definition) is 3. The average Bonchev–Trinajstić information content (AvgIpc) is 3.07. The number of nitrogens with one attached hydrogen (secondary N) is 2. The van der Waals surface area contributed by atoms with Crippen LogP contribution in [0, 0.1) is 0 Å². The number of nitrogens with zero attached hydrogens (tertiary/aromatic N) is 2. The van der Waals surface area contributed by atoms with Crippen LogP contribution >= 0.6 is 11.8 Å². The van der Waals surface area contributed by atoms with E-state index < -0.39 is 47.1 Å². The molecule has 2 aliphatic rings. The van der Waals surface area contributed by atoms with Gasteiger partial charge in [-0.15, -0.1) is 11.8 Å². The molecule has 234 valence electrons. The second-order valence-corrected chi connectivity index (χ2v) is 11.5. The third-order valence-corrected chi connectivity index (χ3v) is 8.52. The molecule has 0 spiro atoms. The van der Waals surface area contributed by atoms with E-state index in [4.69, 9.17) is 4.74 Å². The number of carboxylic acids is 1.